The van der Waals surface area contributed by atoms with Crippen LogP contribution in [-0.2, 0) is 0 Å². The molecule has 1 aromatic rings. The molecule has 1 atom stereocenters. The molecular weight excluding hydrogens is 238 g/mol. The van der Waals surface area contributed by atoms with Crippen molar-refractivity contribution >= 4 is 27.3 Å². The number of hydrogen-bond acceptors (Lipinski definition) is 3. The van der Waals surface area contributed by atoms with Crippen LogP contribution in [0.25, 0.3) is 0 Å². The first-order valence-electron chi connectivity index (χ1n) is 2.76. The number of aromatic nitrogens is 1. The minimum atomic E-state index is -2.55. The van der Waals surface area contributed by atoms with Crippen molar-refractivity contribution in [3.05, 3.63) is 15.0 Å². The molecule has 0 aliphatic heterocycles. The lowest BCUT2D eigenvalue weighted by Gasteiger charge is -2.05. The number of hydrogen-bond donors (Lipinski definition) is 1. The van der Waals surface area contributed by atoms with Crippen LogP contribution in [0.1, 0.15) is 11.7 Å². The molecule has 62 valence electrons. The quantitative estimate of drug-likeness (QED) is 0.864. The molecule has 1 aromatic heterocycles. The second-order valence-corrected chi connectivity index (χ2v) is 4.02. The van der Waals surface area contributed by atoms with Gasteiger partial charge < -0.3 is 5.73 Å². The van der Waals surface area contributed by atoms with Crippen LogP contribution in [0, 0.1) is 0 Å². The van der Waals surface area contributed by atoms with Gasteiger partial charge in [-0.15, -0.1) is 11.3 Å². The summed E-state index contributed by atoms with van der Waals surface area (Å²) in [5, 5.41) is 1.51. The van der Waals surface area contributed by atoms with Crippen LogP contribution in [0.3, 0.4) is 0 Å². The highest BCUT2D eigenvalue weighted by atomic mass is 79.9. The van der Waals surface area contributed by atoms with Gasteiger partial charge in [0.05, 0.1) is 5.69 Å². The summed E-state index contributed by atoms with van der Waals surface area (Å²) < 4.78 is 24.5. The van der Waals surface area contributed by atoms with Crippen molar-refractivity contribution < 1.29 is 8.78 Å². The van der Waals surface area contributed by atoms with Gasteiger partial charge in [0.2, 0.25) is 0 Å². The summed E-state index contributed by atoms with van der Waals surface area (Å²) in [5.41, 5.74) is 5.36. The molecule has 0 aliphatic carbocycles. The highest BCUT2D eigenvalue weighted by Crippen LogP contribution is 2.22. The van der Waals surface area contributed by atoms with Gasteiger partial charge in [-0.25, -0.2) is 13.8 Å². The molecule has 0 bridgehead atoms. The second kappa shape index (κ2) is 3.55. The topological polar surface area (TPSA) is 38.9 Å². The largest absolute Gasteiger partial charge is 0.318 e. The zero-order valence-corrected chi connectivity index (χ0v) is 7.70. The van der Waals surface area contributed by atoms with Crippen LogP contribution < -0.4 is 5.73 Å². The summed E-state index contributed by atoms with van der Waals surface area (Å²) in [5.74, 6) is 0. The van der Waals surface area contributed by atoms with Gasteiger partial charge in [0.1, 0.15) is 6.04 Å². The zero-order valence-electron chi connectivity index (χ0n) is 5.30. The van der Waals surface area contributed by atoms with Gasteiger partial charge in [0.25, 0.3) is 6.43 Å². The molecular formula is C5H5BrF2N2S. The van der Waals surface area contributed by atoms with Crippen LogP contribution >= 0.6 is 27.3 Å². The first kappa shape index (κ1) is 9.02. The van der Waals surface area contributed by atoms with Crippen molar-refractivity contribution in [2.75, 3.05) is 0 Å². The fourth-order valence-corrected chi connectivity index (χ4v) is 1.62. The number of nitrogens with two attached hydrogens (primary N) is 1. The molecule has 0 fully saturated rings. The van der Waals surface area contributed by atoms with E-state index in [1.165, 1.54) is 16.7 Å². The van der Waals surface area contributed by atoms with E-state index in [2.05, 4.69) is 20.9 Å². The van der Waals surface area contributed by atoms with E-state index in [-0.39, 0.29) is 5.69 Å². The first-order chi connectivity index (χ1) is 5.11. The minimum absolute atomic E-state index is 0.233. The predicted octanol–water partition coefficient (Wildman–Crippen LogP) is 2.17. The summed E-state index contributed by atoms with van der Waals surface area (Å²) in [6.07, 6.45) is -2.55. The van der Waals surface area contributed by atoms with Gasteiger partial charge >= 0.3 is 0 Å². The molecule has 0 spiro atoms. The fraction of sp³-hybridized carbons (Fsp3) is 0.400. The van der Waals surface area contributed by atoms with E-state index >= 15 is 0 Å². The molecule has 2 nitrogen and oxygen atoms in total. The van der Waals surface area contributed by atoms with E-state index in [1.807, 2.05) is 0 Å². The van der Waals surface area contributed by atoms with Crippen molar-refractivity contribution in [1.82, 2.24) is 4.98 Å². The Kier molecular flexibility index (Phi) is 2.91. The minimum Gasteiger partial charge on any atom is -0.318 e. The van der Waals surface area contributed by atoms with E-state index in [1.54, 1.807) is 0 Å². The Morgan fingerprint density at radius 3 is 2.64 bits per heavy atom. The van der Waals surface area contributed by atoms with Crippen LogP contribution in [0.2, 0.25) is 0 Å². The smallest absolute Gasteiger partial charge is 0.259 e. The number of thiazole rings is 1. The molecule has 1 heterocycles. The Morgan fingerprint density at radius 2 is 2.27 bits per heavy atom. The average molecular weight is 243 g/mol. The lowest BCUT2D eigenvalue weighted by atomic mass is 10.2. The average Bonchev–Trinajstić information content (AvgIpc) is 2.34. The van der Waals surface area contributed by atoms with Gasteiger partial charge in [-0.3, -0.25) is 0 Å². The number of halogens is 3. The predicted molar refractivity (Wildman–Crippen MR) is 42.7 cm³/mol. The normalized spacial score (nSPS) is 13.9. The van der Waals surface area contributed by atoms with Gasteiger partial charge in [-0.1, -0.05) is 0 Å². The molecule has 2 N–H and O–H groups in total. The maximum atomic E-state index is 11.9. The molecule has 0 amide bonds. The van der Waals surface area contributed by atoms with E-state index < -0.39 is 12.5 Å². The van der Waals surface area contributed by atoms with Crippen molar-refractivity contribution in [2.45, 2.75) is 12.5 Å². The van der Waals surface area contributed by atoms with Crippen LogP contribution in [0.5, 0.6) is 0 Å². The lowest BCUT2D eigenvalue weighted by Crippen LogP contribution is -2.19. The molecule has 0 radical (unpaired) electrons. The van der Waals surface area contributed by atoms with Gasteiger partial charge in [0, 0.05) is 5.38 Å². The number of nitrogens with zero attached hydrogens (tertiary/aromatic N) is 1. The zero-order chi connectivity index (χ0) is 8.43. The Balaban J connectivity index is 2.76. The fourth-order valence-electron chi connectivity index (χ4n) is 0.545. The molecule has 0 saturated heterocycles. The van der Waals surface area contributed by atoms with Crippen molar-refractivity contribution in [2.24, 2.45) is 5.73 Å². The van der Waals surface area contributed by atoms with E-state index in [0.717, 1.165) is 0 Å². The van der Waals surface area contributed by atoms with Gasteiger partial charge in [-0.2, -0.15) is 0 Å². The van der Waals surface area contributed by atoms with Gasteiger partial charge in [-0.05, 0) is 15.9 Å². The summed E-state index contributed by atoms with van der Waals surface area (Å²) in [6, 6.07) is -1.27. The van der Waals surface area contributed by atoms with Gasteiger partial charge in [0.15, 0.2) is 3.92 Å². The maximum absolute atomic E-state index is 11.9. The third-order valence-electron chi connectivity index (χ3n) is 1.11. The highest BCUT2D eigenvalue weighted by Gasteiger charge is 2.19. The van der Waals surface area contributed by atoms with Crippen molar-refractivity contribution in [1.29, 1.82) is 0 Å². The third-order valence-corrected chi connectivity index (χ3v) is 2.49. The lowest BCUT2D eigenvalue weighted by molar-refractivity contribution is 0.115. The SMILES string of the molecule is NC(c1csc(Br)n1)C(F)F. The summed E-state index contributed by atoms with van der Waals surface area (Å²) >= 11 is 4.30. The third kappa shape index (κ3) is 2.18. The maximum Gasteiger partial charge on any atom is 0.259 e. The first-order valence-corrected chi connectivity index (χ1v) is 4.43. The molecule has 0 saturated carbocycles. The molecule has 0 aliphatic rings. The Bertz CT molecular complexity index is 240. The molecule has 11 heavy (non-hydrogen) atoms. The second-order valence-electron chi connectivity index (χ2n) is 1.89. The summed E-state index contributed by atoms with van der Waals surface area (Å²) in [4.78, 5) is 3.76. The van der Waals surface area contributed by atoms with Crippen LogP contribution in [-0.4, -0.2) is 11.4 Å². The van der Waals surface area contributed by atoms with E-state index in [4.69, 9.17) is 5.73 Å². The molecule has 1 rings (SSSR count). The Hall–Kier alpha value is -0.0700. The molecule has 1 unspecified atom stereocenters. The van der Waals surface area contributed by atoms with Crippen molar-refractivity contribution in [3.8, 4) is 0 Å². The summed E-state index contributed by atoms with van der Waals surface area (Å²) in [6.45, 7) is 0. The molecule has 6 heteroatoms. The highest BCUT2D eigenvalue weighted by molar-refractivity contribution is 9.11. The molecule has 0 aromatic carbocycles. The number of rotatable bonds is 2. The Morgan fingerprint density at radius 1 is 1.64 bits per heavy atom. The Labute approximate surface area is 74.6 Å². The van der Waals surface area contributed by atoms with E-state index in [0.29, 0.717) is 3.92 Å². The van der Waals surface area contributed by atoms with Crippen LogP contribution in [0.15, 0.2) is 9.30 Å². The standard InChI is InChI=1S/C5H5BrF2N2S/c6-5-10-2(1-11-5)3(9)4(7)8/h1,3-4H,9H2. The van der Waals surface area contributed by atoms with E-state index in [9.17, 15) is 8.78 Å². The number of alkyl halides is 2. The van der Waals surface area contributed by atoms with Crippen LogP contribution in [0.4, 0.5) is 8.78 Å². The summed E-state index contributed by atoms with van der Waals surface area (Å²) in [7, 11) is 0. The monoisotopic (exact) mass is 242 g/mol. The van der Waals surface area contributed by atoms with Crippen molar-refractivity contribution in [3.63, 3.8) is 0 Å².